The fourth-order valence-electron chi connectivity index (χ4n) is 3.50. The molecule has 12 heteroatoms. The first-order chi connectivity index (χ1) is 17.0. The van der Waals surface area contributed by atoms with Gasteiger partial charge in [-0.2, -0.15) is 0 Å². The monoisotopic (exact) mass is 542 g/mol. The SMILES string of the molecule is C/C=C1\NC(=O)C2CSSCC/C=C/C(CC(=O)NC(C(C)C)C(=O)N2)OC(=O)C(C(C)C)NC1=O.[HH]. The van der Waals surface area contributed by atoms with Gasteiger partial charge in [-0.1, -0.05) is 61.4 Å². The van der Waals surface area contributed by atoms with Gasteiger partial charge in [0.15, 0.2) is 0 Å². The third-order valence-electron chi connectivity index (χ3n) is 5.59. The molecule has 4 N–H and O–H groups in total. The van der Waals surface area contributed by atoms with Gasteiger partial charge >= 0.3 is 5.97 Å². The van der Waals surface area contributed by atoms with Crippen LogP contribution in [0.3, 0.4) is 0 Å². The van der Waals surface area contributed by atoms with Crippen molar-refractivity contribution in [2.45, 2.75) is 71.7 Å². The lowest BCUT2D eigenvalue weighted by atomic mass is 10.0. The Labute approximate surface area is 221 Å². The number of ether oxygens (including phenoxy) is 1. The van der Waals surface area contributed by atoms with Gasteiger partial charge < -0.3 is 26.0 Å². The van der Waals surface area contributed by atoms with Crippen molar-refractivity contribution in [1.82, 2.24) is 21.3 Å². The van der Waals surface area contributed by atoms with E-state index >= 15 is 0 Å². The van der Waals surface area contributed by atoms with Crippen LogP contribution in [0.2, 0.25) is 0 Å². The molecule has 1 saturated heterocycles. The smallest absolute Gasteiger partial charge is 0.329 e. The molecule has 0 aromatic rings. The summed E-state index contributed by atoms with van der Waals surface area (Å²) >= 11 is 0. The molecule has 1 fully saturated rings. The molecule has 202 valence electrons. The van der Waals surface area contributed by atoms with Crippen LogP contribution in [0.1, 0.15) is 48.9 Å². The summed E-state index contributed by atoms with van der Waals surface area (Å²) in [6.07, 6.45) is 4.51. The maximum absolute atomic E-state index is 13.2. The number of nitrogens with one attached hydrogen (secondary N) is 4. The number of hydrogen-bond donors (Lipinski definition) is 4. The van der Waals surface area contributed by atoms with Gasteiger partial charge in [0.05, 0.1) is 6.42 Å². The largest absolute Gasteiger partial charge is 0.456 e. The summed E-state index contributed by atoms with van der Waals surface area (Å²) in [5.41, 5.74) is -0.0445. The minimum atomic E-state index is -1.00. The van der Waals surface area contributed by atoms with Crippen LogP contribution in [-0.4, -0.2) is 65.3 Å². The fraction of sp³-hybridized carbons (Fsp3) is 0.625. The summed E-state index contributed by atoms with van der Waals surface area (Å²) < 4.78 is 5.65. The second-order valence-corrected chi connectivity index (χ2v) is 11.9. The third-order valence-corrected chi connectivity index (χ3v) is 8.03. The van der Waals surface area contributed by atoms with Crippen molar-refractivity contribution in [3.05, 3.63) is 23.9 Å². The molecule has 4 amide bonds. The van der Waals surface area contributed by atoms with Crippen LogP contribution < -0.4 is 21.3 Å². The number of carbonyl (C=O) groups is 5. The van der Waals surface area contributed by atoms with Crippen molar-refractivity contribution in [2.75, 3.05) is 11.5 Å². The van der Waals surface area contributed by atoms with Gasteiger partial charge in [-0.15, -0.1) is 0 Å². The van der Waals surface area contributed by atoms with Crippen molar-refractivity contribution in [3.63, 3.8) is 0 Å². The predicted molar refractivity (Wildman–Crippen MR) is 143 cm³/mol. The Kier molecular flexibility index (Phi) is 11.8. The quantitative estimate of drug-likeness (QED) is 0.179. The van der Waals surface area contributed by atoms with E-state index in [1.807, 2.05) is 6.08 Å². The zero-order valence-corrected chi connectivity index (χ0v) is 22.9. The van der Waals surface area contributed by atoms with E-state index in [1.54, 1.807) is 40.7 Å². The molecule has 0 saturated carbocycles. The summed E-state index contributed by atoms with van der Waals surface area (Å²) in [7, 11) is 2.95. The molecule has 36 heavy (non-hydrogen) atoms. The molecule has 2 bridgehead atoms. The topological polar surface area (TPSA) is 143 Å². The predicted octanol–water partition coefficient (Wildman–Crippen LogP) is 1.68. The number of fused-ring (bicyclic) bond motifs is 7. The Morgan fingerprint density at radius 1 is 0.972 bits per heavy atom. The third kappa shape index (κ3) is 8.88. The molecule has 2 aliphatic rings. The standard InChI is InChI=1S/C24H36N4O6S2.H2/c1-6-16-21(30)28-20(14(4)5)24(33)34-15-9-7-8-10-35-36-12-17(22(31)25-16)26-23(32)19(13(2)3)27-18(29)11-15;/h6-7,9,13-15,17,19-20H,8,10-12H2,1-5H3,(H,25,31)(H,26,32)(H,27,29)(H,28,30);1H/b9-7+,16-6-;. The minimum absolute atomic E-state index is 0. The average Bonchev–Trinajstić information content (AvgIpc) is 2.81. The molecule has 0 spiro atoms. The Morgan fingerprint density at radius 2 is 1.67 bits per heavy atom. The van der Waals surface area contributed by atoms with Gasteiger partial charge in [0.2, 0.25) is 17.7 Å². The van der Waals surface area contributed by atoms with E-state index in [9.17, 15) is 24.0 Å². The van der Waals surface area contributed by atoms with Crippen LogP contribution in [0.25, 0.3) is 0 Å². The molecule has 0 aromatic carbocycles. The molecular formula is C24H38N4O6S2. The van der Waals surface area contributed by atoms with Gasteiger partial charge in [0.1, 0.15) is 29.9 Å². The first-order valence-electron chi connectivity index (χ1n) is 12.0. The van der Waals surface area contributed by atoms with Crippen LogP contribution in [0.5, 0.6) is 0 Å². The lowest BCUT2D eigenvalue weighted by molar-refractivity contribution is -0.153. The van der Waals surface area contributed by atoms with Crippen LogP contribution >= 0.6 is 21.6 Å². The zero-order valence-electron chi connectivity index (χ0n) is 21.3. The van der Waals surface area contributed by atoms with E-state index in [1.165, 1.54) is 27.7 Å². The molecule has 10 nitrogen and oxygen atoms in total. The van der Waals surface area contributed by atoms with Crippen molar-refractivity contribution in [2.24, 2.45) is 11.8 Å². The summed E-state index contributed by atoms with van der Waals surface area (Å²) in [4.78, 5) is 65.2. The number of carbonyl (C=O) groups excluding carboxylic acids is 5. The van der Waals surface area contributed by atoms with Gasteiger partial charge in [-0.05, 0) is 31.3 Å². The zero-order chi connectivity index (χ0) is 26.8. The molecule has 4 unspecified atom stereocenters. The molecule has 2 rings (SSSR count). The normalized spacial score (nSPS) is 29.6. The van der Waals surface area contributed by atoms with E-state index in [2.05, 4.69) is 21.3 Å². The van der Waals surface area contributed by atoms with Crippen LogP contribution in [0.4, 0.5) is 0 Å². The van der Waals surface area contributed by atoms with E-state index in [0.29, 0.717) is 12.2 Å². The van der Waals surface area contributed by atoms with Gasteiger partial charge in [0, 0.05) is 12.9 Å². The summed E-state index contributed by atoms with van der Waals surface area (Å²) in [5.74, 6) is -2.54. The van der Waals surface area contributed by atoms with Gasteiger partial charge in [-0.25, -0.2) is 4.79 Å². The highest BCUT2D eigenvalue weighted by Crippen LogP contribution is 2.24. The fourth-order valence-corrected chi connectivity index (χ4v) is 5.66. The number of esters is 1. The maximum atomic E-state index is 13.2. The summed E-state index contributed by atoms with van der Waals surface area (Å²) in [5, 5.41) is 10.7. The Balaban J connectivity index is 0.00000684. The highest BCUT2D eigenvalue weighted by atomic mass is 33.1. The maximum Gasteiger partial charge on any atom is 0.329 e. The first-order valence-corrected chi connectivity index (χ1v) is 14.5. The van der Waals surface area contributed by atoms with Crippen LogP contribution in [0, 0.1) is 11.8 Å². The second-order valence-electron chi connectivity index (χ2n) is 9.24. The highest BCUT2D eigenvalue weighted by Gasteiger charge is 2.33. The first kappa shape index (κ1) is 29.8. The molecule has 0 aromatic heterocycles. The second kappa shape index (κ2) is 14.3. The Bertz CT molecular complexity index is 912. The lowest BCUT2D eigenvalue weighted by Crippen LogP contribution is -2.57. The highest BCUT2D eigenvalue weighted by molar-refractivity contribution is 8.76. The Hall–Kier alpha value is -2.47. The molecular weight excluding hydrogens is 504 g/mol. The van der Waals surface area contributed by atoms with E-state index in [4.69, 9.17) is 4.74 Å². The minimum Gasteiger partial charge on any atom is -0.456 e. The van der Waals surface area contributed by atoms with Crippen molar-refractivity contribution >= 4 is 51.2 Å². The lowest BCUT2D eigenvalue weighted by Gasteiger charge is -2.27. The molecule has 0 radical (unpaired) electrons. The molecule has 2 aliphatic heterocycles. The van der Waals surface area contributed by atoms with E-state index < -0.39 is 53.8 Å². The van der Waals surface area contributed by atoms with Gasteiger partial charge in [0.25, 0.3) is 5.91 Å². The molecule has 4 atom stereocenters. The Morgan fingerprint density at radius 3 is 2.31 bits per heavy atom. The number of amides is 4. The van der Waals surface area contributed by atoms with E-state index in [-0.39, 0.29) is 31.1 Å². The molecule has 2 heterocycles. The number of allylic oxidation sites excluding steroid dienone is 2. The van der Waals surface area contributed by atoms with Gasteiger partial charge in [-0.3, -0.25) is 19.2 Å². The number of hydrogen-bond acceptors (Lipinski definition) is 8. The van der Waals surface area contributed by atoms with Crippen molar-refractivity contribution < 1.29 is 30.1 Å². The van der Waals surface area contributed by atoms with Crippen LogP contribution in [-0.2, 0) is 28.7 Å². The van der Waals surface area contributed by atoms with Crippen molar-refractivity contribution in [1.29, 1.82) is 0 Å². The van der Waals surface area contributed by atoms with Crippen molar-refractivity contribution in [3.8, 4) is 0 Å². The van der Waals surface area contributed by atoms with E-state index in [0.717, 1.165) is 0 Å². The summed E-state index contributed by atoms with van der Waals surface area (Å²) in [6.45, 7) is 8.66. The van der Waals surface area contributed by atoms with Crippen LogP contribution in [0.15, 0.2) is 23.9 Å². The summed E-state index contributed by atoms with van der Waals surface area (Å²) in [6, 6.07) is -2.86. The number of rotatable bonds is 2. The molecule has 0 aliphatic carbocycles. The average molecular weight is 543 g/mol.